The van der Waals surface area contributed by atoms with Crippen molar-refractivity contribution in [2.45, 2.75) is 31.1 Å². The predicted molar refractivity (Wildman–Crippen MR) is 111 cm³/mol. The third-order valence-corrected chi connectivity index (χ3v) is 5.85. The number of hydrogen-bond acceptors (Lipinski definition) is 3. The molecule has 138 valence electrons. The summed E-state index contributed by atoms with van der Waals surface area (Å²) in [7, 11) is 0. The Morgan fingerprint density at radius 1 is 0.929 bits per heavy atom. The number of carbonyl (C=O) groups is 1. The van der Waals surface area contributed by atoms with E-state index in [1.54, 1.807) is 6.20 Å². The van der Waals surface area contributed by atoms with Crippen molar-refractivity contribution in [1.82, 2.24) is 4.98 Å². The molecule has 1 aliphatic heterocycles. The third kappa shape index (κ3) is 2.73. The summed E-state index contributed by atoms with van der Waals surface area (Å²) in [5.41, 5.74) is 4.40. The highest BCUT2D eigenvalue weighted by atomic mass is 16.2. The normalized spacial score (nSPS) is 16.6. The number of fused-ring (bicyclic) bond motifs is 2. The van der Waals surface area contributed by atoms with E-state index in [1.165, 1.54) is 0 Å². The van der Waals surface area contributed by atoms with E-state index in [0.29, 0.717) is 5.82 Å². The summed E-state index contributed by atoms with van der Waals surface area (Å²) in [4.78, 5) is 22.1. The molecule has 1 spiro atoms. The van der Waals surface area contributed by atoms with Gasteiger partial charge in [-0.25, -0.2) is 9.98 Å². The molecule has 0 unspecified atom stereocenters. The minimum atomic E-state index is -0.409. The zero-order chi connectivity index (χ0) is 19.0. The lowest BCUT2D eigenvalue weighted by Gasteiger charge is -2.20. The molecular formula is C24H21N3O. The van der Waals surface area contributed by atoms with Crippen molar-refractivity contribution < 1.29 is 4.79 Å². The molecule has 4 heteroatoms. The van der Waals surface area contributed by atoms with Crippen molar-refractivity contribution in [1.29, 1.82) is 0 Å². The molecule has 4 nitrogen and oxygen atoms in total. The molecule has 1 aromatic heterocycles. The van der Waals surface area contributed by atoms with E-state index in [2.05, 4.69) is 40.6 Å². The van der Waals surface area contributed by atoms with E-state index in [1.807, 2.05) is 36.4 Å². The minimum Gasteiger partial charge on any atom is -0.310 e. The number of aromatic nitrogens is 1. The zero-order valence-electron chi connectivity index (χ0n) is 15.6. The largest absolute Gasteiger partial charge is 0.310 e. The Morgan fingerprint density at radius 3 is 2.14 bits per heavy atom. The van der Waals surface area contributed by atoms with Gasteiger partial charge in [-0.2, -0.15) is 0 Å². The van der Waals surface area contributed by atoms with Crippen LogP contribution in [0.5, 0.6) is 0 Å². The molecule has 0 saturated heterocycles. The van der Waals surface area contributed by atoms with Gasteiger partial charge in [-0.15, -0.1) is 0 Å². The van der Waals surface area contributed by atoms with Gasteiger partial charge in [0.1, 0.15) is 5.82 Å². The second-order valence-electron chi connectivity index (χ2n) is 7.53. The maximum absolute atomic E-state index is 12.6. The molecule has 0 radical (unpaired) electrons. The van der Waals surface area contributed by atoms with Crippen LogP contribution in [0.4, 0.5) is 11.5 Å². The smallest absolute Gasteiger partial charge is 0.236 e. The van der Waals surface area contributed by atoms with Gasteiger partial charge in [0.25, 0.3) is 0 Å². The first-order chi connectivity index (χ1) is 13.8. The van der Waals surface area contributed by atoms with E-state index in [0.717, 1.165) is 53.8 Å². The highest BCUT2D eigenvalue weighted by Crippen LogP contribution is 2.48. The van der Waals surface area contributed by atoms with Gasteiger partial charge < -0.3 is 5.32 Å². The van der Waals surface area contributed by atoms with E-state index in [-0.39, 0.29) is 5.91 Å². The summed E-state index contributed by atoms with van der Waals surface area (Å²) in [5, 5.41) is 2.98. The van der Waals surface area contributed by atoms with Gasteiger partial charge in [0.15, 0.2) is 0 Å². The molecule has 1 saturated carbocycles. The van der Waals surface area contributed by atoms with Crippen LogP contribution in [0.3, 0.4) is 0 Å². The number of pyridine rings is 1. The number of nitrogens with zero attached hydrogens (tertiary/aromatic N) is 2. The number of carbonyl (C=O) groups excluding carboxylic acids is 1. The topological polar surface area (TPSA) is 54.4 Å². The lowest BCUT2D eigenvalue weighted by Crippen LogP contribution is -2.30. The van der Waals surface area contributed by atoms with Gasteiger partial charge in [0.2, 0.25) is 5.91 Å². The second kappa shape index (κ2) is 6.71. The summed E-state index contributed by atoms with van der Waals surface area (Å²) < 4.78 is 0. The molecule has 1 N–H and O–H groups in total. The van der Waals surface area contributed by atoms with Crippen molar-refractivity contribution in [3.8, 4) is 0 Å². The Balaban J connectivity index is 1.63. The lowest BCUT2D eigenvalue weighted by atomic mass is 9.81. The minimum absolute atomic E-state index is 0.0972. The average molecular weight is 367 g/mol. The van der Waals surface area contributed by atoms with Crippen molar-refractivity contribution in [2.24, 2.45) is 4.99 Å². The summed E-state index contributed by atoms with van der Waals surface area (Å²) in [5.74, 6) is 0.798. The Kier molecular flexibility index (Phi) is 4.05. The fourth-order valence-corrected chi connectivity index (χ4v) is 4.42. The molecule has 1 aliphatic carbocycles. The van der Waals surface area contributed by atoms with Crippen LogP contribution in [-0.2, 0) is 10.2 Å². The molecule has 3 aromatic rings. The standard InChI is InChI=1S/C24H21N3O/c28-23-24(13-7-8-14-24)20-15-19(16-25-22(20)27-23)26-21(17-9-3-1-4-10-17)18-11-5-2-6-12-18/h1-6,9-12,15-16H,7-8,13-14H2,(H,25,27,28). The number of aliphatic imine (C=N–C) groups is 1. The van der Waals surface area contributed by atoms with Gasteiger partial charge in [0, 0.05) is 16.7 Å². The Morgan fingerprint density at radius 2 is 1.54 bits per heavy atom. The van der Waals surface area contributed by atoms with Gasteiger partial charge in [-0.3, -0.25) is 4.79 Å². The second-order valence-corrected chi connectivity index (χ2v) is 7.53. The van der Waals surface area contributed by atoms with E-state index in [9.17, 15) is 4.79 Å². The van der Waals surface area contributed by atoms with Crippen LogP contribution in [-0.4, -0.2) is 16.6 Å². The van der Waals surface area contributed by atoms with Crippen LogP contribution >= 0.6 is 0 Å². The first-order valence-electron chi connectivity index (χ1n) is 9.78. The van der Waals surface area contributed by atoms with Gasteiger partial charge in [-0.1, -0.05) is 73.5 Å². The van der Waals surface area contributed by atoms with Crippen LogP contribution in [0.15, 0.2) is 77.9 Å². The monoisotopic (exact) mass is 367 g/mol. The molecule has 2 aliphatic rings. The molecular weight excluding hydrogens is 346 g/mol. The fourth-order valence-electron chi connectivity index (χ4n) is 4.42. The van der Waals surface area contributed by atoms with Gasteiger partial charge >= 0.3 is 0 Å². The van der Waals surface area contributed by atoms with Crippen LogP contribution < -0.4 is 5.32 Å². The highest BCUT2D eigenvalue weighted by Gasteiger charge is 2.49. The predicted octanol–water partition coefficient (Wildman–Crippen LogP) is 5.01. The lowest BCUT2D eigenvalue weighted by molar-refractivity contribution is -0.120. The fraction of sp³-hybridized carbons (Fsp3) is 0.208. The molecule has 5 rings (SSSR count). The molecule has 1 amide bonds. The van der Waals surface area contributed by atoms with Crippen molar-refractivity contribution in [3.05, 3.63) is 89.6 Å². The summed E-state index contributed by atoms with van der Waals surface area (Å²) >= 11 is 0. The Bertz CT molecular complexity index is 1010. The molecule has 1 fully saturated rings. The van der Waals surface area contributed by atoms with Crippen molar-refractivity contribution >= 4 is 23.1 Å². The van der Waals surface area contributed by atoms with E-state index < -0.39 is 5.41 Å². The molecule has 2 aromatic carbocycles. The quantitative estimate of drug-likeness (QED) is 0.661. The number of rotatable bonds is 3. The highest BCUT2D eigenvalue weighted by molar-refractivity contribution is 6.14. The average Bonchev–Trinajstić information content (AvgIpc) is 3.34. The number of hydrogen-bond donors (Lipinski definition) is 1. The zero-order valence-corrected chi connectivity index (χ0v) is 15.6. The van der Waals surface area contributed by atoms with E-state index >= 15 is 0 Å². The maximum atomic E-state index is 12.6. The van der Waals surface area contributed by atoms with Gasteiger partial charge in [0.05, 0.1) is 23.0 Å². The van der Waals surface area contributed by atoms with Gasteiger partial charge in [-0.05, 0) is 18.9 Å². The first kappa shape index (κ1) is 16.9. The molecule has 2 heterocycles. The van der Waals surface area contributed by atoms with Crippen LogP contribution in [0.25, 0.3) is 0 Å². The van der Waals surface area contributed by atoms with Crippen molar-refractivity contribution in [2.75, 3.05) is 5.32 Å². The summed E-state index contributed by atoms with van der Waals surface area (Å²) in [6.45, 7) is 0. The molecule has 0 atom stereocenters. The molecule has 0 bridgehead atoms. The number of benzene rings is 2. The van der Waals surface area contributed by atoms with Crippen LogP contribution in [0.1, 0.15) is 42.4 Å². The van der Waals surface area contributed by atoms with Crippen LogP contribution in [0.2, 0.25) is 0 Å². The van der Waals surface area contributed by atoms with Crippen LogP contribution in [0, 0.1) is 0 Å². The Labute approximate surface area is 164 Å². The number of amides is 1. The maximum Gasteiger partial charge on any atom is 0.236 e. The van der Waals surface area contributed by atoms with Crippen molar-refractivity contribution in [3.63, 3.8) is 0 Å². The third-order valence-electron chi connectivity index (χ3n) is 5.85. The number of anilines is 1. The molecule has 28 heavy (non-hydrogen) atoms. The summed E-state index contributed by atoms with van der Waals surface area (Å²) in [6, 6.07) is 22.4. The number of nitrogens with one attached hydrogen (secondary N) is 1. The van der Waals surface area contributed by atoms with E-state index in [4.69, 9.17) is 4.99 Å². The Hall–Kier alpha value is -3.27. The first-order valence-corrected chi connectivity index (χ1v) is 9.78. The summed E-state index contributed by atoms with van der Waals surface area (Å²) in [6.07, 6.45) is 5.70. The SMILES string of the molecule is O=C1Nc2ncc(N=C(c3ccccc3)c3ccccc3)cc2C12CCCC2.